The third-order valence-electron chi connectivity index (χ3n) is 4.11. The second kappa shape index (κ2) is 10.3. The summed E-state index contributed by atoms with van der Waals surface area (Å²) in [4.78, 5) is 4.38. The number of nitrogens with zero attached hydrogens (tertiary/aromatic N) is 2. The average Bonchev–Trinajstić information content (AvgIpc) is 2.73. The van der Waals surface area contributed by atoms with Crippen LogP contribution in [0.25, 0.3) is 11.1 Å². The number of nitriles is 1. The van der Waals surface area contributed by atoms with Gasteiger partial charge in [-0.2, -0.15) is 5.26 Å². The number of rotatable bonds is 5. The summed E-state index contributed by atoms with van der Waals surface area (Å²) in [5.41, 5.74) is 10.4. The van der Waals surface area contributed by atoms with Crippen LogP contribution >= 0.6 is 24.0 Å². The topological polar surface area (TPSA) is 83.4 Å². The lowest BCUT2D eigenvalue weighted by atomic mass is 9.99. The zero-order chi connectivity index (χ0) is 19.1. The molecular weight excluding hydrogens is 463 g/mol. The molecule has 6 heteroatoms. The Morgan fingerprint density at radius 1 is 1.04 bits per heavy atom. The fourth-order valence-electron chi connectivity index (χ4n) is 2.72. The molecule has 3 rings (SSSR count). The highest BCUT2D eigenvalue weighted by Crippen LogP contribution is 2.24. The molecule has 0 atom stereocenters. The summed E-state index contributed by atoms with van der Waals surface area (Å²) in [5.74, 6) is 1.02. The maximum Gasteiger partial charge on any atom is 0.193 e. The molecule has 5 nitrogen and oxygen atoms in total. The van der Waals surface area contributed by atoms with E-state index in [0.717, 1.165) is 22.4 Å². The number of nitrogens with two attached hydrogens (primary N) is 1. The first-order valence-electron chi connectivity index (χ1n) is 8.49. The van der Waals surface area contributed by atoms with Crippen molar-refractivity contribution in [2.45, 2.75) is 6.54 Å². The summed E-state index contributed by atoms with van der Waals surface area (Å²) in [6, 6.07) is 25.3. The molecule has 0 aliphatic heterocycles. The van der Waals surface area contributed by atoms with Crippen LogP contribution in [-0.4, -0.2) is 13.1 Å². The number of ether oxygens (including phenoxy) is 1. The van der Waals surface area contributed by atoms with Gasteiger partial charge in [0, 0.05) is 0 Å². The number of aliphatic imine (C=N–C) groups is 1. The van der Waals surface area contributed by atoms with E-state index in [2.05, 4.69) is 16.4 Å². The van der Waals surface area contributed by atoms with Gasteiger partial charge in [0.05, 0.1) is 31.0 Å². The van der Waals surface area contributed by atoms with Gasteiger partial charge < -0.3 is 15.8 Å². The van der Waals surface area contributed by atoms with E-state index in [1.807, 2.05) is 72.8 Å². The molecule has 0 bridgehead atoms. The molecule has 0 amide bonds. The van der Waals surface area contributed by atoms with E-state index >= 15 is 0 Å². The normalized spacial score (nSPS) is 10.5. The van der Waals surface area contributed by atoms with Gasteiger partial charge >= 0.3 is 0 Å². The van der Waals surface area contributed by atoms with Crippen molar-refractivity contribution in [3.8, 4) is 22.9 Å². The predicted molar refractivity (Wildman–Crippen MR) is 124 cm³/mol. The molecule has 3 aromatic rings. The van der Waals surface area contributed by atoms with Gasteiger partial charge in [-0.1, -0.05) is 54.6 Å². The van der Waals surface area contributed by atoms with Crippen molar-refractivity contribution >= 4 is 35.6 Å². The van der Waals surface area contributed by atoms with E-state index in [1.165, 1.54) is 0 Å². The van der Waals surface area contributed by atoms with Crippen LogP contribution in [0, 0.1) is 11.3 Å². The first kappa shape index (κ1) is 21.3. The van der Waals surface area contributed by atoms with Crippen LogP contribution in [-0.2, 0) is 6.54 Å². The molecule has 3 N–H and O–H groups in total. The van der Waals surface area contributed by atoms with Gasteiger partial charge in [-0.25, -0.2) is 4.99 Å². The Morgan fingerprint density at radius 3 is 2.43 bits per heavy atom. The fraction of sp³-hybridized carbons (Fsp3) is 0.0909. The van der Waals surface area contributed by atoms with Crippen molar-refractivity contribution in [1.82, 2.24) is 0 Å². The molecule has 0 radical (unpaired) electrons. The monoisotopic (exact) mass is 484 g/mol. The minimum absolute atomic E-state index is 0. The number of anilines is 1. The molecule has 0 saturated carbocycles. The quantitative estimate of drug-likeness (QED) is 0.310. The van der Waals surface area contributed by atoms with Crippen molar-refractivity contribution in [3.05, 3.63) is 83.9 Å². The number of halogens is 1. The van der Waals surface area contributed by atoms with Gasteiger partial charge in [0.2, 0.25) is 0 Å². The summed E-state index contributed by atoms with van der Waals surface area (Å²) in [7, 11) is 1.61. The van der Waals surface area contributed by atoms with Crippen LogP contribution < -0.4 is 15.8 Å². The lowest BCUT2D eigenvalue weighted by Gasteiger charge is -2.10. The molecule has 3 aromatic carbocycles. The van der Waals surface area contributed by atoms with Crippen molar-refractivity contribution in [2.75, 3.05) is 12.4 Å². The van der Waals surface area contributed by atoms with Crippen LogP contribution in [0.4, 0.5) is 5.69 Å². The third kappa shape index (κ3) is 5.24. The van der Waals surface area contributed by atoms with Gasteiger partial charge in [-0.3, -0.25) is 0 Å². The van der Waals surface area contributed by atoms with Gasteiger partial charge in [0.25, 0.3) is 0 Å². The standard InChI is InChI=1S/C22H20N4O.HI/c1-27-21-9-5-4-8-20(21)26-22(24)25-15-16-10-12-17(13-11-16)19-7-3-2-6-18(19)14-23;/h2-13H,15H2,1H3,(H3,24,25,26);1H. The Hall–Kier alpha value is -3.05. The molecule has 0 aromatic heterocycles. The van der Waals surface area contributed by atoms with E-state index in [-0.39, 0.29) is 24.0 Å². The lowest BCUT2D eigenvalue weighted by molar-refractivity contribution is 0.417. The Kier molecular flexibility index (Phi) is 7.84. The fourth-order valence-corrected chi connectivity index (χ4v) is 2.72. The van der Waals surface area contributed by atoms with Crippen molar-refractivity contribution in [1.29, 1.82) is 5.26 Å². The first-order chi connectivity index (χ1) is 13.2. The minimum atomic E-state index is 0. The number of para-hydroxylation sites is 2. The summed E-state index contributed by atoms with van der Waals surface area (Å²) in [5, 5.41) is 12.3. The zero-order valence-electron chi connectivity index (χ0n) is 15.4. The Balaban J connectivity index is 0.00000280. The molecule has 0 aliphatic rings. The Labute approximate surface area is 181 Å². The zero-order valence-corrected chi connectivity index (χ0v) is 17.8. The van der Waals surface area contributed by atoms with E-state index in [0.29, 0.717) is 23.8 Å². The van der Waals surface area contributed by atoms with Crippen LogP contribution in [0.15, 0.2) is 77.8 Å². The van der Waals surface area contributed by atoms with Gasteiger partial charge in [-0.05, 0) is 34.9 Å². The summed E-state index contributed by atoms with van der Waals surface area (Å²) >= 11 is 0. The largest absolute Gasteiger partial charge is 0.495 e. The van der Waals surface area contributed by atoms with E-state index < -0.39 is 0 Å². The maximum atomic E-state index is 9.24. The maximum absolute atomic E-state index is 9.24. The summed E-state index contributed by atoms with van der Waals surface area (Å²) < 4.78 is 5.29. The molecular formula is C22H21IN4O. The molecule has 0 spiro atoms. The second-order valence-corrected chi connectivity index (χ2v) is 5.88. The minimum Gasteiger partial charge on any atom is -0.495 e. The van der Waals surface area contributed by atoms with Gasteiger partial charge in [0.15, 0.2) is 5.96 Å². The number of hydrogen-bond donors (Lipinski definition) is 2. The highest BCUT2D eigenvalue weighted by molar-refractivity contribution is 14.0. The molecule has 0 aliphatic carbocycles. The Bertz CT molecular complexity index is 994. The average molecular weight is 484 g/mol. The van der Waals surface area contributed by atoms with Crippen LogP contribution in [0.5, 0.6) is 5.75 Å². The number of hydrogen-bond acceptors (Lipinski definition) is 3. The van der Waals surface area contributed by atoms with Crippen molar-refractivity contribution in [3.63, 3.8) is 0 Å². The van der Waals surface area contributed by atoms with Gasteiger partial charge in [-0.15, -0.1) is 24.0 Å². The second-order valence-electron chi connectivity index (χ2n) is 5.88. The first-order valence-corrected chi connectivity index (χ1v) is 8.49. The number of guanidine groups is 1. The SMILES string of the molecule is COc1ccccc1NC(N)=NCc1ccc(-c2ccccc2C#N)cc1.I. The third-order valence-corrected chi connectivity index (χ3v) is 4.11. The van der Waals surface area contributed by atoms with Crippen molar-refractivity contribution in [2.24, 2.45) is 10.7 Å². The molecule has 0 heterocycles. The van der Waals surface area contributed by atoms with E-state index in [9.17, 15) is 5.26 Å². The van der Waals surface area contributed by atoms with Crippen molar-refractivity contribution < 1.29 is 4.74 Å². The van der Waals surface area contributed by atoms with Crippen LogP contribution in [0.2, 0.25) is 0 Å². The number of methoxy groups -OCH3 is 1. The van der Waals surface area contributed by atoms with Crippen LogP contribution in [0.3, 0.4) is 0 Å². The highest BCUT2D eigenvalue weighted by atomic mass is 127. The molecule has 28 heavy (non-hydrogen) atoms. The summed E-state index contributed by atoms with van der Waals surface area (Å²) in [6.45, 7) is 0.453. The molecule has 0 saturated heterocycles. The highest BCUT2D eigenvalue weighted by Gasteiger charge is 2.05. The molecule has 0 unspecified atom stereocenters. The van der Waals surface area contributed by atoms with E-state index in [4.69, 9.17) is 10.5 Å². The summed E-state index contributed by atoms with van der Waals surface area (Å²) in [6.07, 6.45) is 0. The Morgan fingerprint density at radius 2 is 1.71 bits per heavy atom. The lowest BCUT2D eigenvalue weighted by Crippen LogP contribution is -2.22. The number of benzene rings is 3. The molecule has 0 fully saturated rings. The molecule has 142 valence electrons. The predicted octanol–water partition coefficient (Wildman–Crippen LogP) is 4.78. The number of nitrogens with one attached hydrogen (secondary N) is 1. The van der Waals surface area contributed by atoms with E-state index in [1.54, 1.807) is 7.11 Å². The smallest absolute Gasteiger partial charge is 0.193 e. The van der Waals surface area contributed by atoms with Crippen LogP contribution in [0.1, 0.15) is 11.1 Å². The van der Waals surface area contributed by atoms with Gasteiger partial charge in [0.1, 0.15) is 5.75 Å².